The summed E-state index contributed by atoms with van der Waals surface area (Å²) in [7, 11) is 0. The van der Waals surface area contributed by atoms with Gasteiger partial charge in [-0.05, 0) is 17.5 Å². The Morgan fingerprint density at radius 3 is 2.74 bits per heavy atom. The number of hydrogen-bond acceptors (Lipinski definition) is 3. The summed E-state index contributed by atoms with van der Waals surface area (Å²) in [5.41, 5.74) is -0.205. The lowest BCUT2D eigenvalue weighted by Gasteiger charge is -2.15. The molecule has 2 rings (SSSR count). The molecule has 0 aliphatic rings. The summed E-state index contributed by atoms with van der Waals surface area (Å²) >= 11 is 1.46. The Balaban J connectivity index is 2.20. The highest BCUT2D eigenvalue weighted by Crippen LogP contribution is 2.20. The summed E-state index contributed by atoms with van der Waals surface area (Å²) in [4.78, 5) is 12.1. The number of hydrogen-bond donors (Lipinski definition) is 2. The molecule has 0 radical (unpaired) electrons. The van der Waals surface area contributed by atoms with Crippen LogP contribution in [0.3, 0.4) is 0 Å². The second-order valence-electron chi connectivity index (χ2n) is 3.87. The van der Waals surface area contributed by atoms with E-state index in [0.29, 0.717) is 0 Å². The first-order valence-corrected chi connectivity index (χ1v) is 6.40. The highest BCUT2D eigenvalue weighted by molar-refractivity contribution is 7.09. The van der Waals surface area contributed by atoms with Gasteiger partial charge in [-0.2, -0.15) is 0 Å². The van der Waals surface area contributed by atoms with Crippen molar-refractivity contribution >= 4 is 17.3 Å². The Morgan fingerprint density at radius 1 is 1.32 bits per heavy atom. The Morgan fingerprint density at radius 2 is 2.11 bits per heavy atom. The predicted octanol–water partition coefficient (Wildman–Crippen LogP) is 2.94. The molecular weight excluding hydrogens is 272 g/mol. The van der Waals surface area contributed by atoms with Crippen LogP contribution >= 0.6 is 11.3 Å². The van der Waals surface area contributed by atoms with Gasteiger partial charge in [-0.15, -0.1) is 11.3 Å². The van der Waals surface area contributed by atoms with Crippen molar-refractivity contribution in [2.75, 3.05) is 0 Å². The largest absolute Gasteiger partial charge is 0.480 e. The number of rotatable bonds is 5. The Hall–Kier alpha value is -1.79. The summed E-state index contributed by atoms with van der Waals surface area (Å²) in [5, 5.41) is 13.7. The number of carbonyl (C=O) groups is 1. The zero-order valence-electron chi connectivity index (χ0n) is 9.77. The molecule has 0 bridgehead atoms. The fourth-order valence-electron chi connectivity index (χ4n) is 1.69. The van der Waals surface area contributed by atoms with Crippen molar-refractivity contribution in [2.24, 2.45) is 0 Å². The van der Waals surface area contributed by atoms with E-state index in [0.717, 1.165) is 10.9 Å². The van der Waals surface area contributed by atoms with Gasteiger partial charge in [-0.1, -0.05) is 18.2 Å². The molecule has 1 heterocycles. The maximum Gasteiger partial charge on any atom is 0.325 e. The molecule has 0 saturated carbocycles. The highest BCUT2D eigenvalue weighted by atomic mass is 32.1. The molecule has 1 aromatic carbocycles. The predicted molar refractivity (Wildman–Crippen MR) is 67.9 cm³/mol. The van der Waals surface area contributed by atoms with Gasteiger partial charge in [0.15, 0.2) is 11.6 Å². The van der Waals surface area contributed by atoms with Crippen molar-refractivity contribution in [1.82, 2.24) is 5.32 Å². The van der Waals surface area contributed by atoms with Crippen molar-refractivity contribution in [2.45, 2.75) is 12.6 Å². The first-order valence-electron chi connectivity index (χ1n) is 5.52. The number of nitrogens with one attached hydrogen (secondary N) is 1. The van der Waals surface area contributed by atoms with Crippen LogP contribution in [-0.4, -0.2) is 11.1 Å². The molecule has 0 spiro atoms. The minimum Gasteiger partial charge on any atom is -0.480 e. The van der Waals surface area contributed by atoms with Gasteiger partial charge in [-0.3, -0.25) is 10.1 Å². The van der Waals surface area contributed by atoms with Crippen LogP contribution in [0.25, 0.3) is 0 Å². The van der Waals surface area contributed by atoms with Crippen LogP contribution in [0.1, 0.15) is 16.5 Å². The standard InChI is InChI=1S/C13H11F2NO2S/c14-10-5-1-4-9(11(10)15)12(13(17)18)16-7-8-3-2-6-19-8/h1-6,12,16H,7H2,(H,17,18). The lowest BCUT2D eigenvalue weighted by atomic mass is 10.1. The Kier molecular flexibility index (Phi) is 4.24. The van der Waals surface area contributed by atoms with Crippen molar-refractivity contribution in [3.8, 4) is 0 Å². The van der Waals surface area contributed by atoms with Crippen LogP contribution in [0.5, 0.6) is 0 Å². The van der Waals surface area contributed by atoms with Crippen molar-refractivity contribution in [3.63, 3.8) is 0 Å². The molecule has 1 atom stereocenters. The minimum atomic E-state index is -1.28. The molecule has 6 heteroatoms. The third kappa shape index (κ3) is 3.15. The van der Waals surface area contributed by atoms with E-state index in [2.05, 4.69) is 5.32 Å². The minimum absolute atomic E-state index is 0.205. The molecule has 100 valence electrons. The van der Waals surface area contributed by atoms with Crippen LogP contribution in [0, 0.1) is 11.6 Å². The molecule has 3 nitrogen and oxygen atoms in total. The molecule has 2 N–H and O–H groups in total. The summed E-state index contributed by atoms with van der Waals surface area (Å²) in [5.74, 6) is -3.43. The fraction of sp³-hybridized carbons (Fsp3) is 0.154. The number of thiophene rings is 1. The summed E-state index contributed by atoms with van der Waals surface area (Å²) in [6, 6.07) is 5.89. The van der Waals surface area contributed by atoms with Crippen molar-refractivity contribution < 1.29 is 18.7 Å². The number of aliphatic carboxylic acids is 1. The van der Waals surface area contributed by atoms with E-state index < -0.39 is 23.6 Å². The van der Waals surface area contributed by atoms with Crippen molar-refractivity contribution in [3.05, 3.63) is 57.8 Å². The van der Waals surface area contributed by atoms with E-state index in [1.54, 1.807) is 0 Å². The van der Waals surface area contributed by atoms with Gasteiger partial charge in [0.2, 0.25) is 0 Å². The number of carboxylic acids is 1. The number of carboxylic acid groups (broad SMARTS) is 1. The second kappa shape index (κ2) is 5.90. The molecule has 19 heavy (non-hydrogen) atoms. The number of halogens is 2. The highest BCUT2D eigenvalue weighted by Gasteiger charge is 2.24. The lowest BCUT2D eigenvalue weighted by Crippen LogP contribution is -2.28. The third-order valence-electron chi connectivity index (χ3n) is 2.60. The van der Waals surface area contributed by atoms with Gasteiger partial charge in [-0.25, -0.2) is 8.78 Å². The Bertz CT molecular complexity index is 572. The van der Waals surface area contributed by atoms with Crippen molar-refractivity contribution in [1.29, 1.82) is 0 Å². The molecule has 0 fully saturated rings. The van der Waals surface area contributed by atoms with Gasteiger partial charge in [0.1, 0.15) is 6.04 Å². The topological polar surface area (TPSA) is 49.3 Å². The van der Waals surface area contributed by atoms with Gasteiger partial charge in [0, 0.05) is 17.0 Å². The zero-order chi connectivity index (χ0) is 13.8. The first kappa shape index (κ1) is 13.6. The molecule has 0 aliphatic heterocycles. The van der Waals surface area contributed by atoms with Crippen LogP contribution in [-0.2, 0) is 11.3 Å². The van der Waals surface area contributed by atoms with E-state index in [9.17, 15) is 13.6 Å². The maximum atomic E-state index is 13.6. The zero-order valence-corrected chi connectivity index (χ0v) is 10.6. The van der Waals surface area contributed by atoms with Crippen LogP contribution in [0.4, 0.5) is 8.78 Å². The molecule has 0 saturated heterocycles. The van der Waals surface area contributed by atoms with Gasteiger partial charge >= 0.3 is 5.97 Å². The van der Waals surface area contributed by atoms with E-state index in [1.807, 2.05) is 17.5 Å². The SMILES string of the molecule is O=C(O)C(NCc1cccs1)c1cccc(F)c1F. The van der Waals surface area contributed by atoms with E-state index >= 15 is 0 Å². The average molecular weight is 283 g/mol. The fourth-order valence-corrected chi connectivity index (χ4v) is 2.35. The van der Waals surface area contributed by atoms with E-state index in [1.165, 1.54) is 23.5 Å². The van der Waals surface area contributed by atoms with Crippen LogP contribution in [0.2, 0.25) is 0 Å². The molecule has 0 amide bonds. The molecule has 1 aromatic heterocycles. The molecule has 1 unspecified atom stereocenters. The quantitative estimate of drug-likeness (QED) is 0.887. The van der Waals surface area contributed by atoms with E-state index in [-0.39, 0.29) is 12.1 Å². The lowest BCUT2D eigenvalue weighted by molar-refractivity contribution is -0.139. The van der Waals surface area contributed by atoms with Gasteiger partial charge in [0.25, 0.3) is 0 Å². The van der Waals surface area contributed by atoms with Crippen LogP contribution in [0.15, 0.2) is 35.7 Å². The molecule has 2 aromatic rings. The molecule has 0 aliphatic carbocycles. The first-order chi connectivity index (χ1) is 9.09. The number of benzene rings is 1. The third-order valence-corrected chi connectivity index (χ3v) is 3.48. The maximum absolute atomic E-state index is 13.6. The van der Waals surface area contributed by atoms with E-state index in [4.69, 9.17) is 5.11 Å². The van der Waals surface area contributed by atoms with Gasteiger partial charge in [0.05, 0.1) is 0 Å². The summed E-state index contributed by atoms with van der Waals surface area (Å²) in [6.45, 7) is 0.282. The summed E-state index contributed by atoms with van der Waals surface area (Å²) < 4.78 is 26.7. The monoisotopic (exact) mass is 283 g/mol. The average Bonchev–Trinajstić information content (AvgIpc) is 2.87. The summed E-state index contributed by atoms with van der Waals surface area (Å²) in [6.07, 6.45) is 0. The molecular formula is C13H11F2NO2S. The Labute approximate surface area is 112 Å². The smallest absolute Gasteiger partial charge is 0.325 e. The van der Waals surface area contributed by atoms with Crippen LogP contribution < -0.4 is 5.32 Å². The second-order valence-corrected chi connectivity index (χ2v) is 4.91. The normalized spacial score (nSPS) is 12.3. The van der Waals surface area contributed by atoms with Gasteiger partial charge < -0.3 is 5.11 Å².